The number of aliphatic hydroxyl groups is 1. The van der Waals surface area contributed by atoms with E-state index < -0.39 is 23.2 Å². The number of nitrogens with two attached hydrogens (primary N) is 2. The number of benzene rings is 1. The molecule has 3 rings (SSSR count). The lowest BCUT2D eigenvalue weighted by Crippen LogP contribution is -2.52. The molecule has 0 fully saturated rings. The summed E-state index contributed by atoms with van der Waals surface area (Å²) in [6, 6.07) is 3.27. The van der Waals surface area contributed by atoms with E-state index >= 15 is 0 Å². The van der Waals surface area contributed by atoms with Crippen LogP contribution < -0.4 is 11.5 Å². The van der Waals surface area contributed by atoms with Crippen molar-refractivity contribution in [3.63, 3.8) is 0 Å². The Morgan fingerprint density at radius 3 is 2.41 bits per heavy atom. The van der Waals surface area contributed by atoms with Crippen LogP contribution in [0, 0.1) is 13.8 Å². The first-order chi connectivity index (χ1) is 13.4. The van der Waals surface area contributed by atoms with Crippen molar-refractivity contribution in [3.8, 4) is 22.7 Å². The van der Waals surface area contributed by atoms with E-state index in [9.17, 15) is 23.1 Å². The number of halogens is 3. The molecule has 1 amide bonds. The number of nitrogen functional groups attached to an aromatic ring is 1. The Kier molecular flexibility index (Phi) is 4.79. The van der Waals surface area contributed by atoms with Gasteiger partial charge in [0.15, 0.2) is 23.2 Å². The molecule has 2 heterocycles. The standard InChI is InChI=1S/C18H16F3N5O3/c1-8-3-4-10(17(28,16(23)27)18(19,20)21)5-11(8)12-6-25-15(22)14(26-12)13-7-24-9(2)29-13/h3-7,28H,1-2H3,(H2,22,25)(H2,23,27). The maximum absolute atomic E-state index is 13.4. The fourth-order valence-electron chi connectivity index (χ4n) is 2.75. The first kappa shape index (κ1) is 20.3. The molecule has 1 aromatic carbocycles. The molecule has 0 aliphatic rings. The molecule has 2 aromatic heterocycles. The van der Waals surface area contributed by atoms with Crippen LogP contribution in [0.15, 0.2) is 35.0 Å². The van der Waals surface area contributed by atoms with Crippen LogP contribution in [0.5, 0.6) is 0 Å². The SMILES string of the molecule is Cc1ncc(-c2nc(-c3cc(C(O)(C(N)=O)C(F)(F)F)ccc3C)cnc2N)o1. The van der Waals surface area contributed by atoms with E-state index in [0.29, 0.717) is 11.5 Å². The van der Waals surface area contributed by atoms with Crippen molar-refractivity contribution in [2.75, 3.05) is 5.73 Å². The van der Waals surface area contributed by atoms with Gasteiger partial charge < -0.3 is 21.0 Å². The van der Waals surface area contributed by atoms with Crippen molar-refractivity contribution in [2.24, 2.45) is 5.73 Å². The Morgan fingerprint density at radius 1 is 1.17 bits per heavy atom. The summed E-state index contributed by atoms with van der Waals surface area (Å²) in [6.07, 6.45) is -2.68. The zero-order valence-corrected chi connectivity index (χ0v) is 15.3. The first-order valence-electron chi connectivity index (χ1n) is 8.21. The minimum absolute atomic E-state index is 0.0302. The minimum Gasteiger partial charge on any atom is -0.439 e. The highest BCUT2D eigenvalue weighted by Gasteiger charge is 2.60. The molecule has 8 nitrogen and oxygen atoms in total. The molecule has 29 heavy (non-hydrogen) atoms. The summed E-state index contributed by atoms with van der Waals surface area (Å²) >= 11 is 0. The molecule has 3 aromatic rings. The van der Waals surface area contributed by atoms with Gasteiger partial charge in [0.25, 0.3) is 11.5 Å². The molecule has 0 bridgehead atoms. The summed E-state index contributed by atoms with van der Waals surface area (Å²) in [4.78, 5) is 23.7. The number of rotatable bonds is 4. The topological polar surface area (TPSA) is 141 Å². The highest BCUT2D eigenvalue weighted by Crippen LogP contribution is 2.40. The molecule has 0 aliphatic heterocycles. The van der Waals surface area contributed by atoms with Gasteiger partial charge in [-0.2, -0.15) is 13.2 Å². The molecule has 0 saturated heterocycles. The monoisotopic (exact) mass is 407 g/mol. The highest BCUT2D eigenvalue weighted by atomic mass is 19.4. The van der Waals surface area contributed by atoms with Gasteiger partial charge in [0, 0.05) is 18.1 Å². The number of alkyl halides is 3. The third-order valence-electron chi connectivity index (χ3n) is 4.35. The Morgan fingerprint density at radius 2 is 1.86 bits per heavy atom. The normalized spacial score (nSPS) is 13.9. The predicted molar refractivity (Wildman–Crippen MR) is 96.0 cm³/mol. The maximum atomic E-state index is 13.4. The molecule has 0 aliphatic carbocycles. The van der Waals surface area contributed by atoms with Gasteiger partial charge in [0.2, 0.25) is 0 Å². The molecule has 1 atom stereocenters. The van der Waals surface area contributed by atoms with Gasteiger partial charge in [0.1, 0.15) is 0 Å². The van der Waals surface area contributed by atoms with Crippen LogP contribution in [0.1, 0.15) is 17.0 Å². The Labute approximate surface area is 162 Å². The highest BCUT2D eigenvalue weighted by molar-refractivity contribution is 5.86. The summed E-state index contributed by atoms with van der Waals surface area (Å²) in [5.41, 5.74) is 7.10. The second kappa shape index (κ2) is 6.85. The van der Waals surface area contributed by atoms with Crippen molar-refractivity contribution in [1.82, 2.24) is 15.0 Å². The van der Waals surface area contributed by atoms with Gasteiger partial charge in [0.05, 0.1) is 18.1 Å². The molecule has 1 unspecified atom stereocenters. The second-order valence-corrected chi connectivity index (χ2v) is 6.33. The van der Waals surface area contributed by atoms with Gasteiger partial charge in [-0.05, 0) is 18.6 Å². The third kappa shape index (κ3) is 3.40. The summed E-state index contributed by atoms with van der Waals surface area (Å²) in [7, 11) is 0. The lowest BCUT2D eigenvalue weighted by atomic mass is 9.89. The van der Waals surface area contributed by atoms with Crippen LogP contribution in [0.3, 0.4) is 0 Å². The zero-order valence-electron chi connectivity index (χ0n) is 15.3. The summed E-state index contributed by atoms with van der Waals surface area (Å²) in [5.74, 6) is -1.32. The zero-order chi connectivity index (χ0) is 21.6. The van der Waals surface area contributed by atoms with Crippen LogP contribution in [0.2, 0.25) is 0 Å². The fraction of sp³-hybridized carbons (Fsp3) is 0.222. The van der Waals surface area contributed by atoms with E-state index in [1.54, 1.807) is 13.8 Å². The lowest BCUT2D eigenvalue weighted by molar-refractivity contribution is -0.255. The van der Waals surface area contributed by atoms with Crippen LogP contribution in [-0.4, -0.2) is 32.1 Å². The fourth-order valence-corrected chi connectivity index (χ4v) is 2.75. The Balaban J connectivity index is 2.18. The van der Waals surface area contributed by atoms with Gasteiger partial charge >= 0.3 is 6.18 Å². The number of carbonyl (C=O) groups excluding carboxylic acids is 1. The number of carbonyl (C=O) groups is 1. The van der Waals surface area contributed by atoms with E-state index in [1.807, 2.05) is 0 Å². The molecule has 0 spiro atoms. The number of primary amides is 1. The molecule has 0 saturated carbocycles. The van der Waals surface area contributed by atoms with Crippen molar-refractivity contribution < 1.29 is 27.5 Å². The van der Waals surface area contributed by atoms with E-state index in [2.05, 4.69) is 15.0 Å². The number of nitrogens with zero attached hydrogens (tertiary/aromatic N) is 3. The molecule has 152 valence electrons. The summed E-state index contributed by atoms with van der Waals surface area (Å²) in [5, 5.41) is 10.1. The Bertz CT molecular complexity index is 1100. The van der Waals surface area contributed by atoms with Crippen LogP contribution in [0.4, 0.5) is 19.0 Å². The summed E-state index contributed by atoms with van der Waals surface area (Å²) in [6.45, 7) is 3.23. The minimum atomic E-state index is -5.32. The molecular weight excluding hydrogens is 391 g/mol. The van der Waals surface area contributed by atoms with Gasteiger partial charge in [-0.1, -0.05) is 12.1 Å². The van der Waals surface area contributed by atoms with Gasteiger partial charge in [-0.15, -0.1) is 0 Å². The quantitative estimate of drug-likeness (QED) is 0.602. The number of aromatic nitrogens is 3. The van der Waals surface area contributed by atoms with E-state index in [1.165, 1.54) is 18.5 Å². The van der Waals surface area contributed by atoms with Crippen LogP contribution in [-0.2, 0) is 10.4 Å². The van der Waals surface area contributed by atoms with Crippen molar-refractivity contribution in [1.29, 1.82) is 0 Å². The number of oxazole rings is 1. The largest absolute Gasteiger partial charge is 0.439 e. The number of anilines is 1. The summed E-state index contributed by atoms with van der Waals surface area (Å²) < 4.78 is 45.6. The van der Waals surface area contributed by atoms with E-state index in [-0.39, 0.29) is 28.5 Å². The van der Waals surface area contributed by atoms with Gasteiger partial charge in [-0.25, -0.2) is 15.0 Å². The van der Waals surface area contributed by atoms with Gasteiger partial charge in [-0.3, -0.25) is 4.79 Å². The molecule has 5 N–H and O–H groups in total. The predicted octanol–water partition coefficient (Wildman–Crippen LogP) is 2.23. The number of hydrogen-bond acceptors (Lipinski definition) is 7. The molecule has 11 heteroatoms. The number of aryl methyl sites for hydroxylation is 2. The van der Waals surface area contributed by atoms with E-state index in [0.717, 1.165) is 12.1 Å². The Hall–Kier alpha value is -3.47. The molecular formula is C18H16F3N5O3. The third-order valence-corrected chi connectivity index (χ3v) is 4.35. The smallest absolute Gasteiger partial charge is 0.430 e. The first-order valence-corrected chi connectivity index (χ1v) is 8.21. The van der Waals surface area contributed by atoms with Crippen LogP contribution >= 0.6 is 0 Å². The van der Waals surface area contributed by atoms with Crippen molar-refractivity contribution >= 4 is 11.7 Å². The number of amides is 1. The van der Waals surface area contributed by atoms with Crippen LogP contribution in [0.25, 0.3) is 22.7 Å². The average molecular weight is 407 g/mol. The second-order valence-electron chi connectivity index (χ2n) is 6.33. The van der Waals surface area contributed by atoms with E-state index in [4.69, 9.17) is 15.9 Å². The average Bonchev–Trinajstić information content (AvgIpc) is 3.07. The lowest BCUT2D eigenvalue weighted by Gasteiger charge is -2.28. The number of hydrogen-bond donors (Lipinski definition) is 3. The van der Waals surface area contributed by atoms with Crippen molar-refractivity contribution in [3.05, 3.63) is 47.6 Å². The maximum Gasteiger partial charge on any atom is 0.430 e. The molecule has 0 radical (unpaired) electrons. The van der Waals surface area contributed by atoms with Crippen molar-refractivity contribution in [2.45, 2.75) is 25.6 Å².